The molecule has 0 aromatic heterocycles. The minimum absolute atomic E-state index is 0.0578. The van der Waals surface area contributed by atoms with Gasteiger partial charge in [0.1, 0.15) is 32.7 Å². The molecule has 1 aromatic rings. The lowest BCUT2D eigenvalue weighted by molar-refractivity contribution is -1.02. The Kier molecular flexibility index (Phi) is 5.98. The number of rotatable bonds is 5. The Hall–Kier alpha value is -1.39. The Bertz CT molecular complexity index is 493. The highest BCUT2D eigenvalue weighted by atomic mass is 16.2. The Balaban J connectivity index is 1.83. The third kappa shape index (κ3) is 4.55. The first-order valence-electron chi connectivity index (χ1n) is 8.50. The second-order valence-corrected chi connectivity index (χ2v) is 6.90. The lowest BCUT2D eigenvalue weighted by Gasteiger charge is -2.33. The van der Waals surface area contributed by atoms with E-state index < -0.39 is 0 Å². The molecule has 0 spiro atoms. The quantitative estimate of drug-likeness (QED) is 0.654. The van der Waals surface area contributed by atoms with Crippen LogP contribution < -0.4 is 15.1 Å². The van der Waals surface area contributed by atoms with Gasteiger partial charge in [-0.2, -0.15) is 0 Å². The van der Waals surface area contributed by atoms with Gasteiger partial charge >= 0.3 is 0 Å². The van der Waals surface area contributed by atoms with E-state index in [-0.39, 0.29) is 18.0 Å². The molecule has 1 heterocycles. The number of carbonyl (C=O) groups is 1. The largest absolute Gasteiger partial charge is 0.349 e. The van der Waals surface area contributed by atoms with Crippen LogP contribution >= 0.6 is 0 Å². The summed E-state index contributed by atoms with van der Waals surface area (Å²) in [6.07, 6.45) is 0. The molecule has 0 radical (unpaired) electrons. The molecule has 1 fully saturated rings. The van der Waals surface area contributed by atoms with Gasteiger partial charge in [0.25, 0.3) is 5.91 Å². The Labute approximate surface area is 134 Å². The summed E-state index contributed by atoms with van der Waals surface area (Å²) in [4.78, 5) is 15.2. The number of hydrogen-bond acceptors (Lipinski definition) is 1. The van der Waals surface area contributed by atoms with Crippen molar-refractivity contribution in [3.8, 4) is 0 Å². The molecule has 1 amide bonds. The van der Waals surface area contributed by atoms with Crippen molar-refractivity contribution in [1.29, 1.82) is 0 Å². The van der Waals surface area contributed by atoms with E-state index in [0.29, 0.717) is 0 Å². The van der Waals surface area contributed by atoms with Crippen molar-refractivity contribution < 1.29 is 14.6 Å². The monoisotopic (exact) mass is 305 g/mol. The molecule has 1 aliphatic rings. The summed E-state index contributed by atoms with van der Waals surface area (Å²) in [6.45, 7) is 13.8. The van der Waals surface area contributed by atoms with Crippen LogP contribution in [0.3, 0.4) is 0 Å². The van der Waals surface area contributed by atoms with Gasteiger partial charge in [-0.3, -0.25) is 4.79 Å². The van der Waals surface area contributed by atoms with Crippen molar-refractivity contribution in [1.82, 2.24) is 5.32 Å². The highest BCUT2D eigenvalue weighted by molar-refractivity contribution is 5.80. The molecular weight excluding hydrogens is 274 g/mol. The molecule has 0 aliphatic carbocycles. The number of quaternary nitrogens is 2. The molecule has 0 bridgehead atoms. The van der Waals surface area contributed by atoms with Gasteiger partial charge in [0, 0.05) is 11.6 Å². The lowest BCUT2D eigenvalue weighted by Crippen LogP contribution is -3.29. The summed E-state index contributed by atoms with van der Waals surface area (Å²) < 4.78 is 0. The fourth-order valence-electron chi connectivity index (χ4n) is 3.21. The molecular formula is C18H31N3O+2. The summed E-state index contributed by atoms with van der Waals surface area (Å²) in [5, 5.41) is 3.03. The maximum atomic E-state index is 12.1. The molecule has 122 valence electrons. The van der Waals surface area contributed by atoms with Crippen molar-refractivity contribution >= 4 is 5.91 Å². The maximum absolute atomic E-state index is 12.1. The summed E-state index contributed by atoms with van der Waals surface area (Å²) in [7, 11) is 0. The van der Waals surface area contributed by atoms with Gasteiger partial charge in [-0.1, -0.05) is 24.3 Å². The lowest BCUT2D eigenvalue weighted by atomic mass is 10.1. The number of hydrogen-bond donors (Lipinski definition) is 3. The minimum atomic E-state index is 0.0578. The average molecular weight is 305 g/mol. The van der Waals surface area contributed by atoms with E-state index in [0.717, 1.165) is 32.7 Å². The number of piperazine rings is 1. The number of benzene rings is 1. The first-order chi connectivity index (χ1) is 10.5. The second kappa shape index (κ2) is 7.75. The summed E-state index contributed by atoms with van der Waals surface area (Å²) >= 11 is 0. The maximum Gasteiger partial charge on any atom is 0.278 e. The molecule has 3 N–H and O–H groups in total. The Morgan fingerprint density at radius 3 is 2.36 bits per heavy atom. The van der Waals surface area contributed by atoms with Crippen molar-refractivity contribution in [2.45, 2.75) is 46.3 Å². The highest BCUT2D eigenvalue weighted by Crippen LogP contribution is 2.04. The van der Waals surface area contributed by atoms with E-state index in [1.165, 1.54) is 16.0 Å². The first-order valence-corrected chi connectivity index (χ1v) is 8.50. The van der Waals surface area contributed by atoms with Gasteiger partial charge in [0.15, 0.2) is 6.04 Å². The highest BCUT2D eigenvalue weighted by Gasteiger charge is 2.31. The Morgan fingerprint density at radius 2 is 1.77 bits per heavy atom. The summed E-state index contributed by atoms with van der Waals surface area (Å²) in [6, 6.07) is 8.94. The van der Waals surface area contributed by atoms with Crippen LogP contribution in [0.25, 0.3) is 0 Å². The van der Waals surface area contributed by atoms with Gasteiger partial charge in [-0.15, -0.1) is 0 Å². The first kappa shape index (κ1) is 17.0. The van der Waals surface area contributed by atoms with Crippen molar-refractivity contribution in [3.63, 3.8) is 0 Å². The van der Waals surface area contributed by atoms with E-state index in [1.54, 1.807) is 4.90 Å². The summed E-state index contributed by atoms with van der Waals surface area (Å²) in [5.74, 6) is 0.187. The van der Waals surface area contributed by atoms with Gasteiger partial charge in [-0.25, -0.2) is 0 Å². The molecule has 1 aliphatic heterocycles. The van der Waals surface area contributed by atoms with E-state index >= 15 is 0 Å². The normalized spacial score (nSPS) is 23.3. The second-order valence-electron chi connectivity index (χ2n) is 6.90. The third-order valence-electron chi connectivity index (χ3n) is 4.74. The fourth-order valence-corrected chi connectivity index (χ4v) is 3.21. The number of carbonyl (C=O) groups excluding carboxylic acids is 1. The molecule has 1 saturated heterocycles. The average Bonchev–Trinajstić information content (AvgIpc) is 2.49. The zero-order valence-electron chi connectivity index (χ0n) is 14.4. The van der Waals surface area contributed by atoms with E-state index in [1.807, 2.05) is 13.8 Å². The molecule has 4 nitrogen and oxygen atoms in total. The molecule has 0 saturated carbocycles. The molecule has 4 heteroatoms. The van der Waals surface area contributed by atoms with Crippen LogP contribution in [0.2, 0.25) is 0 Å². The van der Waals surface area contributed by atoms with E-state index in [9.17, 15) is 4.79 Å². The van der Waals surface area contributed by atoms with Crippen LogP contribution in [0.15, 0.2) is 24.3 Å². The fraction of sp³-hybridized carbons (Fsp3) is 0.611. The standard InChI is InChI=1S/C18H29N3O/c1-14(2)19-18(22)16(4)21-11-9-20(10-12-21)13-17-8-6-5-7-15(17)3/h5-8,14,16H,9-13H2,1-4H3,(H,19,22)/p+2/t16-/m1/s1. The minimum Gasteiger partial charge on any atom is -0.349 e. The number of amides is 1. The predicted octanol–water partition coefficient (Wildman–Crippen LogP) is -0.808. The van der Waals surface area contributed by atoms with Crippen LogP contribution in [0.1, 0.15) is 31.9 Å². The molecule has 0 unspecified atom stereocenters. The molecule has 1 aromatic carbocycles. The summed E-state index contributed by atoms with van der Waals surface area (Å²) in [5.41, 5.74) is 2.83. The van der Waals surface area contributed by atoms with Crippen LogP contribution in [0, 0.1) is 6.92 Å². The van der Waals surface area contributed by atoms with Crippen LogP contribution in [0.5, 0.6) is 0 Å². The van der Waals surface area contributed by atoms with Gasteiger partial charge < -0.3 is 15.1 Å². The topological polar surface area (TPSA) is 38.0 Å². The molecule has 1 atom stereocenters. The number of aryl methyl sites for hydroxylation is 1. The zero-order valence-corrected chi connectivity index (χ0v) is 14.4. The SMILES string of the molecule is Cc1ccccc1C[NH+]1CC[NH+]([C@H](C)C(=O)NC(C)C)CC1. The molecule has 22 heavy (non-hydrogen) atoms. The van der Waals surface area contributed by atoms with Crippen LogP contribution in [0.4, 0.5) is 0 Å². The van der Waals surface area contributed by atoms with E-state index in [4.69, 9.17) is 0 Å². The van der Waals surface area contributed by atoms with Gasteiger partial charge in [0.2, 0.25) is 0 Å². The van der Waals surface area contributed by atoms with Gasteiger partial charge in [0.05, 0.1) is 0 Å². The van der Waals surface area contributed by atoms with E-state index in [2.05, 4.69) is 43.4 Å². The molecule has 2 rings (SSSR count). The van der Waals surface area contributed by atoms with Crippen LogP contribution in [-0.2, 0) is 11.3 Å². The smallest absolute Gasteiger partial charge is 0.278 e. The van der Waals surface area contributed by atoms with Crippen molar-refractivity contribution in [3.05, 3.63) is 35.4 Å². The number of nitrogens with one attached hydrogen (secondary N) is 3. The third-order valence-corrected chi connectivity index (χ3v) is 4.74. The van der Waals surface area contributed by atoms with Crippen LogP contribution in [-0.4, -0.2) is 44.2 Å². The van der Waals surface area contributed by atoms with Crippen molar-refractivity contribution in [2.24, 2.45) is 0 Å². The zero-order chi connectivity index (χ0) is 16.1. The van der Waals surface area contributed by atoms with Crippen molar-refractivity contribution in [2.75, 3.05) is 26.2 Å². The predicted molar refractivity (Wildman–Crippen MR) is 89.0 cm³/mol. The van der Waals surface area contributed by atoms with Gasteiger partial charge in [-0.05, 0) is 33.3 Å². The Morgan fingerprint density at radius 1 is 1.14 bits per heavy atom.